The quantitative estimate of drug-likeness (QED) is 0.690. The van der Waals surface area contributed by atoms with Crippen molar-refractivity contribution in [1.82, 2.24) is 5.32 Å². The van der Waals surface area contributed by atoms with Gasteiger partial charge in [0.05, 0.1) is 18.7 Å². The molecular formula is C15H24N2O2. The summed E-state index contributed by atoms with van der Waals surface area (Å²) in [5.41, 5.74) is 6.90. The Morgan fingerprint density at radius 3 is 2.47 bits per heavy atom. The maximum absolute atomic E-state index is 11.9. The molecule has 0 aromatic heterocycles. The van der Waals surface area contributed by atoms with E-state index in [1.165, 1.54) is 0 Å². The van der Waals surface area contributed by atoms with Crippen LogP contribution in [0.2, 0.25) is 0 Å². The molecule has 0 heterocycles. The highest BCUT2D eigenvalue weighted by atomic mass is 16.3. The zero-order chi connectivity index (χ0) is 14.3. The van der Waals surface area contributed by atoms with Crippen LogP contribution in [-0.4, -0.2) is 29.7 Å². The molecular weight excluding hydrogens is 240 g/mol. The third-order valence-electron chi connectivity index (χ3n) is 2.95. The van der Waals surface area contributed by atoms with Gasteiger partial charge >= 0.3 is 0 Å². The van der Waals surface area contributed by atoms with E-state index in [1.807, 2.05) is 44.2 Å². The number of hydrogen-bond acceptors (Lipinski definition) is 3. The maximum Gasteiger partial charge on any atom is 0.237 e. The third-order valence-corrected chi connectivity index (χ3v) is 2.95. The first kappa shape index (κ1) is 15.7. The van der Waals surface area contributed by atoms with Gasteiger partial charge < -0.3 is 16.2 Å². The van der Waals surface area contributed by atoms with E-state index in [9.17, 15) is 9.90 Å². The van der Waals surface area contributed by atoms with Crippen molar-refractivity contribution in [3.63, 3.8) is 0 Å². The Bertz CT molecular complexity index is 379. The molecule has 0 radical (unpaired) electrons. The molecule has 0 saturated heterocycles. The van der Waals surface area contributed by atoms with E-state index in [4.69, 9.17) is 5.73 Å². The zero-order valence-corrected chi connectivity index (χ0v) is 11.7. The van der Waals surface area contributed by atoms with Crippen molar-refractivity contribution < 1.29 is 9.90 Å². The number of nitrogens with two attached hydrogens (primary N) is 1. The van der Waals surface area contributed by atoms with Gasteiger partial charge in [-0.2, -0.15) is 0 Å². The maximum atomic E-state index is 11.9. The number of aliphatic hydroxyl groups is 1. The lowest BCUT2D eigenvalue weighted by molar-refractivity contribution is -0.123. The minimum absolute atomic E-state index is 0.0883. The number of nitrogens with one attached hydrogen (secondary N) is 1. The molecule has 1 aromatic rings. The lowest BCUT2D eigenvalue weighted by Crippen LogP contribution is -2.48. The van der Waals surface area contributed by atoms with Crippen LogP contribution in [-0.2, 0) is 11.2 Å². The average Bonchev–Trinajstić information content (AvgIpc) is 2.38. The van der Waals surface area contributed by atoms with E-state index >= 15 is 0 Å². The van der Waals surface area contributed by atoms with Crippen LogP contribution in [0.15, 0.2) is 30.3 Å². The van der Waals surface area contributed by atoms with E-state index in [2.05, 4.69) is 5.32 Å². The lowest BCUT2D eigenvalue weighted by Gasteiger charge is -2.20. The lowest BCUT2D eigenvalue weighted by atomic mass is 10.0. The van der Waals surface area contributed by atoms with Gasteiger partial charge in [0, 0.05) is 0 Å². The molecule has 0 saturated carbocycles. The summed E-state index contributed by atoms with van der Waals surface area (Å²) in [5, 5.41) is 12.2. The molecule has 19 heavy (non-hydrogen) atoms. The van der Waals surface area contributed by atoms with Crippen molar-refractivity contribution in [2.75, 3.05) is 6.61 Å². The summed E-state index contributed by atoms with van der Waals surface area (Å²) in [4.78, 5) is 11.9. The van der Waals surface area contributed by atoms with Crippen LogP contribution in [0.5, 0.6) is 0 Å². The molecule has 1 amide bonds. The summed E-state index contributed by atoms with van der Waals surface area (Å²) in [7, 11) is 0. The largest absolute Gasteiger partial charge is 0.394 e. The molecule has 1 unspecified atom stereocenters. The van der Waals surface area contributed by atoms with Gasteiger partial charge in [-0.25, -0.2) is 0 Å². The second kappa shape index (κ2) is 7.92. The van der Waals surface area contributed by atoms with E-state index in [-0.39, 0.29) is 18.6 Å². The Morgan fingerprint density at radius 2 is 1.95 bits per heavy atom. The van der Waals surface area contributed by atoms with Gasteiger partial charge in [-0.05, 0) is 24.3 Å². The van der Waals surface area contributed by atoms with Crippen LogP contribution in [0, 0.1) is 5.92 Å². The van der Waals surface area contributed by atoms with E-state index < -0.39 is 6.04 Å². The minimum Gasteiger partial charge on any atom is -0.394 e. The molecule has 0 aliphatic rings. The van der Waals surface area contributed by atoms with Gasteiger partial charge in [0.2, 0.25) is 5.91 Å². The van der Waals surface area contributed by atoms with Crippen molar-refractivity contribution in [2.24, 2.45) is 11.7 Å². The molecule has 4 heteroatoms. The average molecular weight is 264 g/mol. The standard InChI is InChI=1S/C15H24N2O2/c1-11(2)8-14(16)15(19)17-13(10-18)9-12-6-4-3-5-7-12/h3-7,11,13-14,18H,8-10,16H2,1-2H3,(H,17,19)/t13-,14?/m1/s1. The molecule has 2 atom stereocenters. The van der Waals surface area contributed by atoms with Crippen LogP contribution < -0.4 is 11.1 Å². The van der Waals surface area contributed by atoms with Gasteiger partial charge in [0.1, 0.15) is 0 Å². The number of aliphatic hydroxyl groups excluding tert-OH is 1. The highest BCUT2D eigenvalue weighted by Crippen LogP contribution is 2.05. The second-order valence-corrected chi connectivity index (χ2v) is 5.31. The Kier molecular flexibility index (Phi) is 6.53. The molecule has 106 valence electrons. The number of carbonyl (C=O) groups excluding carboxylic acids is 1. The normalized spacial score (nSPS) is 14.2. The number of carbonyl (C=O) groups is 1. The number of rotatable bonds is 7. The number of hydrogen-bond donors (Lipinski definition) is 3. The first-order chi connectivity index (χ1) is 9.02. The molecule has 1 rings (SSSR count). The van der Waals surface area contributed by atoms with Gasteiger partial charge in [-0.3, -0.25) is 4.79 Å². The fourth-order valence-corrected chi connectivity index (χ4v) is 1.98. The highest BCUT2D eigenvalue weighted by Gasteiger charge is 2.18. The summed E-state index contributed by atoms with van der Waals surface area (Å²) in [6.45, 7) is 3.97. The van der Waals surface area contributed by atoms with E-state index in [0.29, 0.717) is 18.8 Å². The van der Waals surface area contributed by atoms with Crippen LogP contribution in [0.1, 0.15) is 25.8 Å². The summed E-state index contributed by atoms with van der Waals surface area (Å²) in [6, 6.07) is 8.98. The zero-order valence-electron chi connectivity index (χ0n) is 11.7. The van der Waals surface area contributed by atoms with E-state index in [1.54, 1.807) is 0 Å². The SMILES string of the molecule is CC(C)CC(N)C(=O)N[C@@H](CO)Cc1ccccc1. The van der Waals surface area contributed by atoms with Crippen molar-refractivity contribution >= 4 is 5.91 Å². The highest BCUT2D eigenvalue weighted by molar-refractivity contribution is 5.81. The Hall–Kier alpha value is -1.39. The predicted octanol–water partition coefficient (Wildman–Crippen LogP) is 1.08. The fraction of sp³-hybridized carbons (Fsp3) is 0.533. The molecule has 0 aliphatic carbocycles. The fourth-order valence-electron chi connectivity index (χ4n) is 1.98. The smallest absolute Gasteiger partial charge is 0.237 e. The topological polar surface area (TPSA) is 75.4 Å². The van der Waals surface area contributed by atoms with Crippen molar-refractivity contribution in [1.29, 1.82) is 0 Å². The molecule has 0 bridgehead atoms. The van der Waals surface area contributed by atoms with Gasteiger partial charge in [-0.15, -0.1) is 0 Å². The van der Waals surface area contributed by atoms with Crippen LogP contribution in [0.25, 0.3) is 0 Å². The summed E-state index contributed by atoms with van der Waals surface area (Å²) < 4.78 is 0. The Labute approximate surface area is 115 Å². The second-order valence-electron chi connectivity index (χ2n) is 5.31. The van der Waals surface area contributed by atoms with E-state index in [0.717, 1.165) is 5.56 Å². The van der Waals surface area contributed by atoms with Crippen LogP contribution in [0.3, 0.4) is 0 Å². The number of benzene rings is 1. The molecule has 1 aromatic carbocycles. The minimum atomic E-state index is -0.509. The first-order valence-electron chi connectivity index (χ1n) is 6.73. The molecule has 0 fully saturated rings. The first-order valence-corrected chi connectivity index (χ1v) is 6.73. The van der Waals surface area contributed by atoms with Crippen LogP contribution >= 0.6 is 0 Å². The van der Waals surface area contributed by atoms with Crippen molar-refractivity contribution in [2.45, 2.75) is 38.8 Å². The predicted molar refractivity (Wildman–Crippen MR) is 76.6 cm³/mol. The van der Waals surface area contributed by atoms with Crippen molar-refractivity contribution in [3.05, 3.63) is 35.9 Å². The third kappa shape index (κ3) is 5.85. The van der Waals surface area contributed by atoms with Crippen molar-refractivity contribution in [3.8, 4) is 0 Å². The molecule has 4 N–H and O–H groups in total. The van der Waals surface area contributed by atoms with Gasteiger partial charge in [0.25, 0.3) is 0 Å². The molecule has 0 spiro atoms. The molecule has 4 nitrogen and oxygen atoms in total. The monoisotopic (exact) mass is 264 g/mol. The Balaban J connectivity index is 2.50. The summed E-state index contributed by atoms with van der Waals surface area (Å²) >= 11 is 0. The summed E-state index contributed by atoms with van der Waals surface area (Å²) in [6.07, 6.45) is 1.26. The number of amides is 1. The summed E-state index contributed by atoms with van der Waals surface area (Å²) in [5.74, 6) is 0.186. The molecule has 0 aliphatic heterocycles. The Morgan fingerprint density at radius 1 is 1.32 bits per heavy atom. The van der Waals surface area contributed by atoms with Gasteiger partial charge in [-0.1, -0.05) is 44.2 Å². The van der Waals surface area contributed by atoms with Gasteiger partial charge in [0.15, 0.2) is 0 Å². The van der Waals surface area contributed by atoms with Crippen LogP contribution in [0.4, 0.5) is 0 Å².